The van der Waals surface area contributed by atoms with Gasteiger partial charge in [0.15, 0.2) is 5.67 Å². The Balaban J connectivity index is 1.98. The predicted molar refractivity (Wildman–Crippen MR) is 75.0 cm³/mol. The van der Waals surface area contributed by atoms with Gasteiger partial charge in [-0.3, -0.25) is 0 Å². The Kier molecular flexibility index (Phi) is 3.32. The van der Waals surface area contributed by atoms with E-state index >= 15 is 4.39 Å². The van der Waals surface area contributed by atoms with Crippen molar-refractivity contribution in [2.45, 2.75) is 30.7 Å². The molecule has 2 nitrogen and oxygen atoms in total. The second-order valence-electron chi connectivity index (χ2n) is 5.34. The summed E-state index contributed by atoms with van der Waals surface area (Å²) in [6, 6.07) is 16.0. The Morgan fingerprint density at radius 3 is 2.45 bits per heavy atom. The molecule has 2 aromatic rings. The van der Waals surface area contributed by atoms with Crippen LogP contribution in [0.2, 0.25) is 0 Å². The topological polar surface area (TPSA) is 40.5 Å². The van der Waals surface area contributed by atoms with E-state index in [1.807, 2.05) is 18.2 Å². The zero-order valence-corrected chi connectivity index (χ0v) is 11.0. The van der Waals surface area contributed by atoms with Gasteiger partial charge < -0.3 is 10.2 Å². The molecule has 0 saturated heterocycles. The number of fused-ring (bicyclic) bond motifs is 1. The van der Waals surface area contributed by atoms with Crippen molar-refractivity contribution >= 4 is 0 Å². The molecule has 2 N–H and O–H groups in total. The number of alkyl halides is 1. The molecule has 0 amide bonds. The number of hydrogen-bond acceptors (Lipinski definition) is 2. The molecular formula is C17H17FO2. The maximum Gasteiger partial charge on any atom is 0.170 e. The Labute approximate surface area is 117 Å². The van der Waals surface area contributed by atoms with Gasteiger partial charge in [-0.1, -0.05) is 54.6 Å². The summed E-state index contributed by atoms with van der Waals surface area (Å²) in [4.78, 5) is 0. The van der Waals surface area contributed by atoms with Gasteiger partial charge in [0.1, 0.15) is 12.2 Å². The maximum absolute atomic E-state index is 15.2. The van der Waals surface area contributed by atoms with Crippen LogP contribution >= 0.6 is 0 Å². The van der Waals surface area contributed by atoms with Crippen LogP contribution in [-0.4, -0.2) is 15.9 Å². The molecule has 3 heteroatoms. The summed E-state index contributed by atoms with van der Waals surface area (Å²) >= 11 is 0. The standard InChI is InChI=1S/C17H17FO2/c18-17(15(19)13-7-2-1-3-8-13)11-10-12-6-4-5-9-14(12)16(17)20/h1-9,15-16,19-20H,10-11H2/t15-,16-,17-/m0/s1. The quantitative estimate of drug-likeness (QED) is 0.882. The first-order valence-electron chi connectivity index (χ1n) is 6.81. The van der Waals surface area contributed by atoms with Crippen LogP contribution in [0.1, 0.15) is 35.3 Å². The number of aryl methyl sites for hydroxylation is 1. The highest BCUT2D eigenvalue weighted by atomic mass is 19.1. The van der Waals surface area contributed by atoms with Crippen LogP contribution in [0.3, 0.4) is 0 Å². The number of rotatable bonds is 2. The van der Waals surface area contributed by atoms with Crippen LogP contribution < -0.4 is 0 Å². The molecule has 2 aromatic carbocycles. The zero-order valence-electron chi connectivity index (χ0n) is 11.0. The number of halogens is 1. The Bertz CT molecular complexity index is 599. The van der Waals surface area contributed by atoms with Crippen molar-refractivity contribution in [1.82, 2.24) is 0 Å². The highest BCUT2D eigenvalue weighted by molar-refractivity contribution is 5.36. The van der Waals surface area contributed by atoms with E-state index < -0.39 is 17.9 Å². The van der Waals surface area contributed by atoms with Gasteiger partial charge in [-0.2, -0.15) is 0 Å². The normalized spacial score (nSPS) is 26.9. The van der Waals surface area contributed by atoms with Gasteiger partial charge in [-0.15, -0.1) is 0 Å². The minimum absolute atomic E-state index is 0.112. The molecule has 0 spiro atoms. The third-order valence-electron chi connectivity index (χ3n) is 4.15. The second kappa shape index (κ2) is 5.00. The lowest BCUT2D eigenvalue weighted by Crippen LogP contribution is -2.41. The molecule has 0 aromatic heterocycles. The fraction of sp³-hybridized carbons (Fsp3) is 0.294. The Morgan fingerprint density at radius 1 is 1.05 bits per heavy atom. The van der Waals surface area contributed by atoms with E-state index in [0.29, 0.717) is 17.5 Å². The first-order valence-corrected chi connectivity index (χ1v) is 6.81. The van der Waals surface area contributed by atoms with Crippen LogP contribution in [0.15, 0.2) is 54.6 Å². The lowest BCUT2D eigenvalue weighted by Gasteiger charge is -2.39. The third kappa shape index (κ3) is 2.03. The van der Waals surface area contributed by atoms with E-state index in [1.165, 1.54) is 0 Å². The summed E-state index contributed by atoms with van der Waals surface area (Å²) in [6.07, 6.45) is -2.00. The molecule has 20 heavy (non-hydrogen) atoms. The lowest BCUT2D eigenvalue weighted by molar-refractivity contribution is -0.107. The first kappa shape index (κ1) is 13.3. The summed E-state index contributed by atoms with van der Waals surface area (Å²) in [5, 5.41) is 20.7. The molecule has 0 bridgehead atoms. The van der Waals surface area contributed by atoms with Gasteiger partial charge in [-0.25, -0.2) is 4.39 Å². The van der Waals surface area contributed by atoms with Crippen molar-refractivity contribution in [3.05, 3.63) is 71.3 Å². The smallest absolute Gasteiger partial charge is 0.170 e. The molecule has 104 valence electrons. The first-order chi connectivity index (χ1) is 9.63. The fourth-order valence-corrected chi connectivity index (χ4v) is 2.95. The van der Waals surface area contributed by atoms with Crippen molar-refractivity contribution in [3.8, 4) is 0 Å². The summed E-state index contributed by atoms with van der Waals surface area (Å²) in [7, 11) is 0. The zero-order chi connectivity index (χ0) is 14.2. The molecule has 0 unspecified atom stereocenters. The van der Waals surface area contributed by atoms with Crippen LogP contribution in [0.5, 0.6) is 0 Å². The highest BCUT2D eigenvalue weighted by Crippen LogP contribution is 2.47. The van der Waals surface area contributed by atoms with E-state index in [9.17, 15) is 10.2 Å². The van der Waals surface area contributed by atoms with Crippen LogP contribution in [0.25, 0.3) is 0 Å². The molecule has 3 atom stereocenters. The molecular weight excluding hydrogens is 255 g/mol. The van der Waals surface area contributed by atoms with Crippen molar-refractivity contribution in [1.29, 1.82) is 0 Å². The van der Waals surface area contributed by atoms with Crippen molar-refractivity contribution in [2.75, 3.05) is 0 Å². The van der Waals surface area contributed by atoms with Gasteiger partial charge in [0, 0.05) is 0 Å². The molecule has 0 fully saturated rings. The van der Waals surface area contributed by atoms with E-state index in [-0.39, 0.29) is 6.42 Å². The molecule has 1 aliphatic rings. The molecule has 0 radical (unpaired) electrons. The molecule has 0 aliphatic heterocycles. The van der Waals surface area contributed by atoms with E-state index in [1.54, 1.807) is 36.4 Å². The Hall–Kier alpha value is -1.71. The van der Waals surface area contributed by atoms with E-state index in [4.69, 9.17) is 0 Å². The Morgan fingerprint density at radius 2 is 1.70 bits per heavy atom. The molecule has 1 aliphatic carbocycles. The minimum atomic E-state index is -2.05. The third-order valence-corrected chi connectivity index (χ3v) is 4.15. The van der Waals surface area contributed by atoms with Gasteiger partial charge in [0.05, 0.1) is 0 Å². The number of hydrogen-bond donors (Lipinski definition) is 2. The summed E-state index contributed by atoms with van der Waals surface area (Å²) < 4.78 is 15.2. The largest absolute Gasteiger partial charge is 0.385 e. The maximum atomic E-state index is 15.2. The van der Waals surface area contributed by atoms with Crippen LogP contribution in [0.4, 0.5) is 4.39 Å². The number of aliphatic hydroxyl groups excluding tert-OH is 2. The average Bonchev–Trinajstić information content (AvgIpc) is 2.51. The summed E-state index contributed by atoms with van der Waals surface area (Å²) in [6.45, 7) is 0. The van der Waals surface area contributed by atoms with E-state index in [0.717, 1.165) is 5.56 Å². The number of benzene rings is 2. The fourth-order valence-electron chi connectivity index (χ4n) is 2.95. The molecule has 3 rings (SSSR count). The van der Waals surface area contributed by atoms with E-state index in [2.05, 4.69) is 0 Å². The van der Waals surface area contributed by atoms with Gasteiger partial charge in [0.25, 0.3) is 0 Å². The minimum Gasteiger partial charge on any atom is -0.385 e. The SMILES string of the molecule is O[C@@H](c1ccccc1)[C@@]1(F)CCc2ccccc2[C@@H]1O. The monoisotopic (exact) mass is 272 g/mol. The van der Waals surface area contributed by atoms with Crippen molar-refractivity contribution < 1.29 is 14.6 Å². The average molecular weight is 272 g/mol. The summed E-state index contributed by atoms with van der Waals surface area (Å²) in [5.41, 5.74) is -0.0198. The van der Waals surface area contributed by atoms with Gasteiger partial charge in [0.2, 0.25) is 0 Å². The number of aliphatic hydroxyl groups is 2. The summed E-state index contributed by atoms with van der Waals surface area (Å²) in [5.74, 6) is 0. The second-order valence-corrected chi connectivity index (χ2v) is 5.34. The van der Waals surface area contributed by atoms with Gasteiger partial charge in [-0.05, 0) is 29.5 Å². The molecule has 0 saturated carbocycles. The van der Waals surface area contributed by atoms with Crippen LogP contribution in [0, 0.1) is 0 Å². The highest BCUT2D eigenvalue weighted by Gasteiger charge is 2.49. The van der Waals surface area contributed by atoms with Gasteiger partial charge >= 0.3 is 0 Å². The lowest BCUT2D eigenvalue weighted by atomic mass is 9.74. The predicted octanol–water partition coefficient (Wildman–Crippen LogP) is 3.11. The van der Waals surface area contributed by atoms with Crippen molar-refractivity contribution in [2.24, 2.45) is 0 Å². The van der Waals surface area contributed by atoms with Crippen molar-refractivity contribution in [3.63, 3.8) is 0 Å². The van der Waals surface area contributed by atoms with Crippen LogP contribution in [-0.2, 0) is 6.42 Å². The molecule has 0 heterocycles.